The van der Waals surface area contributed by atoms with Crippen molar-refractivity contribution < 1.29 is 0 Å². The molecule has 22 heavy (non-hydrogen) atoms. The molecule has 0 radical (unpaired) electrons. The minimum Gasteiger partial charge on any atom is -0.283 e. The summed E-state index contributed by atoms with van der Waals surface area (Å²) in [5, 5.41) is 0. The molecular weight excluding hydrogens is 268 g/mol. The molecule has 0 aliphatic carbocycles. The van der Waals surface area contributed by atoms with Gasteiger partial charge in [-0.2, -0.15) is 0 Å². The van der Waals surface area contributed by atoms with Gasteiger partial charge in [0.25, 0.3) is 0 Å². The molecule has 0 aromatic rings. The molecule has 0 atom stereocenters. The Kier molecular flexibility index (Phi) is 4.52. The quantitative estimate of drug-likeness (QED) is 0.640. The highest BCUT2D eigenvalue weighted by atomic mass is 14.9. The second-order valence-electron chi connectivity index (χ2n) is 8.55. The summed E-state index contributed by atoms with van der Waals surface area (Å²) in [4.78, 5) is 9.96. The minimum atomic E-state index is 0.0675. The maximum Gasteiger partial charge on any atom is 0.0596 e. The number of rotatable bonds is 3. The van der Waals surface area contributed by atoms with Gasteiger partial charge in [-0.15, -0.1) is 0 Å². The lowest BCUT2D eigenvalue weighted by Crippen LogP contribution is -2.11. The van der Waals surface area contributed by atoms with Gasteiger partial charge in [0.15, 0.2) is 0 Å². The number of nitrogens with zero attached hydrogens (tertiary/aromatic N) is 2. The van der Waals surface area contributed by atoms with Crippen molar-refractivity contribution in [3.63, 3.8) is 0 Å². The van der Waals surface area contributed by atoms with Crippen LogP contribution < -0.4 is 0 Å². The lowest BCUT2D eigenvalue weighted by molar-refractivity contribution is 0.545. The van der Waals surface area contributed by atoms with Crippen molar-refractivity contribution >= 4 is 11.4 Å². The van der Waals surface area contributed by atoms with Crippen LogP contribution in [0.5, 0.6) is 0 Å². The molecule has 2 nitrogen and oxygen atoms in total. The number of aliphatic imine (C=N–C) groups is 2. The van der Waals surface area contributed by atoms with Crippen LogP contribution in [0, 0.1) is 0 Å². The Morgan fingerprint density at radius 3 is 1.32 bits per heavy atom. The van der Waals surface area contributed by atoms with E-state index in [4.69, 9.17) is 9.98 Å². The van der Waals surface area contributed by atoms with Crippen LogP contribution in [-0.4, -0.2) is 22.5 Å². The molecule has 2 aliphatic rings. The van der Waals surface area contributed by atoms with Gasteiger partial charge in [0, 0.05) is 11.4 Å². The summed E-state index contributed by atoms with van der Waals surface area (Å²) in [6.07, 6.45) is 4.21. The molecule has 0 spiro atoms. The van der Waals surface area contributed by atoms with Crippen molar-refractivity contribution in [1.82, 2.24) is 0 Å². The molecule has 2 heteroatoms. The molecule has 0 fully saturated rings. The summed E-state index contributed by atoms with van der Waals surface area (Å²) in [6.45, 7) is 17.8. The highest BCUT2D eigenvalue weighted by molar-refractivity contribution is 6.08. The first-order valence-electron chi connectivity index (χ1n) is 8.52. The Morgan fingerprint density at radius 1 is 0.727 bits per heavy atom. The molecular formula is C20H32N2. The van der Waals surface area contributed by atoms with Gasteiger partial charge in [-0.25, -0.2) is 0 Å². The zero-order valence-corrected chi connectivity index (χ0v) is 15.7. The molecule has 0 bridgehead atoms. The monoisotopic (exact) mass is 300 g/mol. The molecule has 0 aromatic heterocycles. The van der Waals surface area contributed by atoms with E-state index < -0.39 is 0 Å². The Bertz CT molecular complexity index is 533. The summed E-state index contributed by atoms with van der Waals surface area (Å²) in [6, 6.07) is 0. The average Bonchev–Trinajstić information content (AvgIpc) is 2.83. The summed E-state index contributed by atoms with van der Waals surface area (Å²) in [5.74, 6) is 0. The third-order valence-corrected chi connectivity index (χ3v) is 4.60. The van der Waals surface area contributed by atoms with Gasteiger partial charge < -0.3 is 0 Å². The fourth-order valence-corrected chi connectivity index (χ4v) is 3.60. The zero-order valence-electron chi connectivity index (χ0n) is 15.7. The topological polar surface area (TPSA) is 24.7 Å². The molecule has 2 rings (SSSR count). The van der Waals surface area contributed by atoms with Crippen LogP contribution in [0.15, 0.2) is 32.3 Å². The molecule has 122 valence electrons. The van der Waals surface area contributed by atoms with Crippen molar-refractivity contribution in [1.29, 1.82) is 0 Å². The third-order valence-electron chi connectivity index (χ3n) is 4.60. The van der Waals surface area contributed by atoms with Crippen molar-refractivity contribution in [2.75, 3.05) is 0 Å². The molecule has 0 unspecified atom stereocenters. The van der Waals surface area contributed by atoms with E-state index in [-0.39, 0.29) is 11.1 Å². The van der Waals surface area contributed by atoms with Crippen molar-refractivity contribution in [2.45, 2.75) is 92.2 Å². The smallest absolute Gasteiger partial charge is 0.0596 e. The fourth-order valence-electron chi connectivity index (χ4n) is 3.60. The number of hydrogen-bond acceptors (Lipinski definition) is 2. The predicted molar refractivity (Wildman–Crippen MR) is 98.2 cm³/mol. The molecule has 0 N–H and O–H groups in total. The summed E-state index contributed by atoms with van der Waals surface area (Å²) < 4.78 is 0. The SMILES string of the molecule is CC(C)=C1CC(C)(C)N=C1CCC1=NC(C)(C)CC1=C(C)C. The summed E-state index contributed by atoms with van der Waals surface area (Å²) in [7, 11) is 0. The molecule has 0 amide bonds. The standard InChI is InChI=1S/C20H32N2/c1-13(2)15-11-19(5,6)21-17(15)9-10-18-16(14(3)4)12-20(7,8)22-18/h9-12H2,1-8H3. The van der Waals surface area contributed by atoms with Crippen LogP contribution in [0.3, 0.4) is 0 Å². The van der Waals surface area contributed by atoms with Gasteiger partial charge in [-0.3, -0.25) is 9.98 Å². The maximum absolute atomic E-state index is 4.98. The van der Waals surface area contributed by atoms with E-state index in [1.165, 1.54) is 33.7 Å². The van der Waals surface area contributed by atoms with E-state index in [0.717, 1.165) is 25.7 Å². The molecule has 0 saturated carbocycles. The van der Waals surface area contributed by atoms with E-state index >= 15 is 0 Å². The predicted octanol–water partition coefficient (Wildman–Crippen LogP) is 5.69. The minimum absolute atomic E-state index is 0.0675. The molecule has 0 saturated heterocycles. The van der Waals surface area contributed by atoms with Gasteiger partial charge in [0.05, 0.1) is 11.1 Å². The summed E-state index contributed by atoms with van der Waals surface area (Å²) in [5.41, 5.74) is 8.54. The highest BCUT2D eigenvalue weighted by Gasteiger charge is 2.32. The highest BCUT2D eigenvalue weighted by Crippen LogP contribution is 2.35. The Morgan fingerprint density at radius 2 is 1.05 bits per heavy atom. The van der Waals surface area contributed by atoms with Gasteiger partial charge in [0.1, 0.15) is 0 Å². The van der Waals surface area contributed by atoms with Gasteiger partial charge in [-0.05, 0) is 92.2 Å². The van der Waals surface area contributed by atoms with Gasteiger partial charge in [-0.1, -0.05) is 11.1 Å². The van der Waals surface area contributed by atoms with Gasteiger partial charge >= 0.3 is 0 Å². The number of hydrogen-bond donors (Lipinski definition) is 0. The molecule has 0 aromatic carbocycles. The van der Waals surface area contributed by atoms with Crippen LogP contribution in [-0.2, 0) is 0 Å². The first-order valence-corrected chi connectivity index (χ1v) is 8.52. The van der Waals surface area contributed by atoms with Crippen LogP contribution in [0.1, 0.15) is 81.1 Å². The summed E-state index contributed by atoms with van der Waals surface area (Å²) >= 11 is 0. The van der Waals surface area contributed by atoms with E-state index in [9.17, 15) is 0 Å². The van der Waals surface area contributed by atoms with Gasteiger partial charge in [0.2, 0.25) is 0 Å². The van der Waals surface area contributed by atoms with Crippen LogP contribution in [0.25, 0.3) is 0 Å². The van der Waals surface area contributed by atoms with Crippen molar-refractivity contribution in [3.05, 3.63) is 22.3 Å². The third kappa shape index (κ3) is 3.77. The van der Waals surface area contributed by atoms with E-state index in [0.29, 0.717) is 0 Å². The lowest BCUT2D eigenvalue weighted by atomic mass is 9.91. The molecule has 2 aliphatic heterocycles. The largest absolute Gasteiger partial charge is 0.283 e. The zero-order chi connectivity index (χ0) is 16.7. The van der Waals surface area contributed by atoms with E-state index in [1.807, 2.05) is 0 Å². The number of allylic oxidation sites excluding steroid dienone is 2. The van der Waals surface area contributed by atoms with Crippen molar-refractivity contribution in [2.24, 2.45) is 9.98 Å². The Balaban J connectivity index is 2.19. The lowest BCUT2D eigenvalue weighted by Gasteiger charge is -2.12. The van der Waals surface area contributed by atoms with Crippen LogP contribution in [0.4, 0.5) is 0 Å². The fraction of sp³-hybridized carbons (Fsp3) is 0.700. The van der Waals surface area contributed by atoms with E-state index in [1.54, 1.807) is 0 Å². The first kappa shape index (κ1) is 17.2. The average molecular weight is 300 g/mol. The first-order chi connectivity index (χ1) is 10.0. The van der Waals surface area contributed by atoms with E-state index in [2.05, 4.69) is 55.4 Å². The van der Waals surface area contributed by atoms with Crippen molar-refractivity contribution in [3.8, 4) is 0 Å². The maximum atomic E-state index is 4.98. The van der Waals surface area contributed by atoms with Crippen LogP contribution in [0.2, 0.25) is 0 Å². The Labute approximate surface area is 136 Å². The normalized spacial score (nSPS) is 22.7. The Hall–Kier alpha value is -1.18. The second kappa shape index (κ2) is 5.79. The second-order valence-corrected chi connectivity index (χ2v) is 8.55. The molecule has 2 heterocycles. The van der Waals surface area contributed by atoms with Crippen LogP contribution >= 0.6 is 0 Å².